The summed E-state index contributed by atoms with van der Waals surface area (Å²) in [5.74, 6) is 0.883. The van der Waals surface area contributed by atoms with Crippen molar-refractivity contribution in [2.45, 2.75) is 32.7 Å². The van der Waals surface area contributed by atoms with Gasteiger partial charge in [-0.15, -0.1) is 0 Å². The number of benzene rings is 3. The largest absolute Gasteiger partial charge is 0.497 e. The van der Waals surface area contributed by atoms with Crippen molar-refractivity contribution >= 4 is 23.1 Å². The molecule has 1 heterocycles. The minimum absolute atomic E-state index is 0.126. The van der Waals surface area contributed by atoms with E-state index >= 15 is 0 Å². The quantitative estimate of drug-likeness (QED) is 0.353. The van der Waals surface area contributed by atoms with E-state index in [-0.39, 0.29) is 17.2 Å². The number of allylic oxidation sites excluding steroid dienone is 1. The van der Waals surface area contributed by atoms with Crippen molar-refractivity contribution in [3.63, 3.8) is 0 Å². The Morgan fingerprint density at radius 3 is 2.51 bits per heavy atom. The number of anilines is 1. The van der Waals surface area contributed by atoms with E-state index in [2.05, 4.69) is 30.5 Å². The number of hydrogen-bond donors (Lipinski definition) is 2. The van der Waals surface area contributed by atoms with E-state index in [1.807, 2.05) is 25.1 Å². The molecule has 4 rings (SSSR count). The van der Waals surface area contributed by atoms with Crippen molar-refractivity contribution in [3.05, 3.63) is 95.1 Å². The number of ether oxygens (including phenoxy) is 2. The van der Waals surface area contributed by atoms with Crippen molar-refractivity contribution in [3.8, 4) is 11.5 Å². The molecule has 1 amide bonds. The van der Waals surface area contributed by atoms with Crippen LogP contribution in [0.1, 0.15) is 52.6 Å². The number of amides is 1. The standard InChI is InChI=1S/C29H30N2O4/c1-5-35-27-9-7-6-8-23(27)28(33)30-21-13-10-19(11-14-21)26(32)17-25-24-16-22(34-4)15-12-20(24)18-29(2,3)31-25/h6-17,31H,5,18H2,1-4H3,(H,30,33)/b25-17-. The van der Waals surface area contributed by atoms with Gasteiger partial charge in [0.15, 0.2) is 5.78 Å². The molecular formula is C29H30N2O4. The van der Waals surface area contributed by atoms with E-state index in [9.17, 15) is 9.59 Å². The molecule has 0 bridgehead atoms. The van der Waals surface area contributed by atoms with E-state index in [1.54, 1.807) is 55.7 Å². The topological polar surface area (TPSA) is 76.7 Å². The van der Waals surface area contributed by atoms with Crippen LogP contribution in [-0.2, 0) is 6.42 Å². The highest BCUT2D eigenvalue weighted by Gasteiger charge is 2.28. The summed E-state index contributed by atoms with van der Waals surface area (Å²) in [7, 11) is 1.63. The molecule has 0 unspecified atom stereocenters. The highest BCUT2D eigenvalue weighted by atomic mass is 16.5. The van der Waals surface area contributed by atoms with Gasteiger partial charge in [0.05, 0.1) is 19.3 Å². The van der Waals surface area contributed by atoms with Gasteiger partial charge in [-0.25, -0.2) is 0 Å². The van der Waals surface area contributed by atoms with Crippen molar-refractivity contribution < 1.29 is 19.1 Å². The maximum absolute atomic E-state index is 13.1. The third-order valence-electron chi connectivity index (χ3n) is 5.85. The lowest BCUT2D eigenvalue weighted by Crippen LogP contribution is -2.43. The molecule has 35 heavy (non-hydrogen) atoms. The molecule has 0 atom stereocenters. The molecule has 0 aromatic heterocycles. The van der Waals surface area contributed by atoms with Crippen LogP contribution >= 0.6 is 0 Å². The Bertz CT molecular complexity index is 1280. The number of rotatable bonds is 7. The third-order valence-corrected chi connectivity index (χ3v) is 5.85. The zero-order valence-electron chi connectivity index (χ0n) is 20.5. The van der Waals surface area contributed by atoms with Crippen LogP contribution in [0.15, 0.2) is 72.8 Å². The molecule has 0 spiro atoms. The van der Waals surface area contributed by atoms with Crippen LogP contribution in [0.25, 0.3) is 5.70 Å². The van der Waals surface area contributed by atoms with Crippen LogP contribution in [0, 0.1) is 0 Å². The summed E-state index contributed by atoms with van der Waals surface area (Å²) in [5, 5.41) is 6.36. The first kappa shape index (κ1) is 24.1. The molecule has 3 aromatic carbocycles. The summed E-state index contributed by atoms with van der Waals surface area (Å²) in [6, 6.07) is 19.9. The molecule has 0 radical (unpaired) electrons. The van der Waals surface area contributed by atoms with Gasteiger partial charge in [0.25, 0.3) is 5.91 Å². The number of methoxy groups -OCH3 is 1. The summed E-state index contributed by atoms with van der Waals surface area (Å²) < 4.78 is 10.9. The molecule has 6 nitrogen and oxygen atoms in total. The van der Waals surface area contributed by atoms with E-state index < -0.39 is 0 Å². The number of carbonyl (C=O) groups is 2. The van der Waals surface area contributed by atoms with E-state index in [0.717, 1.165) is 23.4 Å². The summed E-state index contributed by atoms with van der Waals surface area (Å²) in [6.07, 6.45) is 2.48. The first-order chi connectivity index (χ1) is 16.8. The molecule has 3 aromatic rings. The van der Waals surface area contributed by atoms with Crippen molar-refractivity contribution in [1.82, 2.24) is 5.32 Å². The summed E-state index contributed by atoms with van der Waals surface area (Å²) in [5.41, 5.74) is 4.30. The smallest absolute Gasteiger partial charge is 0.259 e. The van der Waals surface area contributed by atoms with Crippen molar-refractivity contribution in [2.24, 2.45) is 0 Å². The number of hydrogen-bond acceptors (Lipinski definition) is 5. The predicted molar refractivity (Wildman–Crippen MR) is 138 cm³/mol. The predicted octanol–water partition coefficient (Wildman–Crippen LogP) is 5.49. The van der Waals surface area contributed by atoms with Crippen LogP contribution in [-0.4, -0.2) is 30.9 Å². The molecule has 180 valence electrons. The monoisotopic (exact) mass is 470 g/mol. The Morgan fingerprint density at radius 1 is 1.06 bits per heavy atom. The van der Waals surface area contributed by atoms with Crippen LogP contribution in [0.5, 0.6) is 11.5 Å². The van der Waals surface area contributed by atoms with Gasteiger partial charge in [0, 0.05) is 34.1 Å². The Morgan fingerprint density at radius 2 is 1.80 bits per heavy atom. The molecule has 0 fully saturated rings. The Labute approximate surface area is 206 Å². The third kappa shape index (κ3) is 5.54. The zero-order valence-corrected chi connectivity index (χ0v) is 20.5. The second-order valence-electron chi connectivity index (χ2n) is 9.09. The van der Waals surface area contributed by atoms with Crippen LogP contribution in [0.4, 0.5) is 5.69 Å². The number of carbonyl (C=O) groups excluding carboxylic acids is 2. The van der Waals surface area contributed by atoms with Gasteiger partial charge >= 0.3 is 0 Å². The Hall–Kier alpha value is -4.06. The second kappa shape index (κ2) is 10.1. The SMILES string of the molecule is CCOc1ccccc1C(=O)Nc1ccc(C(=O)/C=C2\NC(C)(C)Cc3ccc(OC)cc32)cc1. The first-order valence-corrected chi connectivity index (χ1v) is 11.6. The zero-order chi connectivity index (χ0) is 25.0. The van der Waals surface area contributed by atoms with Crippen LogP contribution < -0.4 is 20.1 Å². The van der Waals surface area contributed by atoms with E-state index in [0.29, 0.717) is 29.2 Å². The van der Waals surface area contributed by atoms with Gasteiger partial charge in [-0.2, -0.15) is 0 Å². The maximum atomic E-state index is 13.1. The number of para-hydroxylation sites is 1. The second-order valence-corrected chi connectivity index (χ2v) is 9.09. The summed E-state index contributed by atoms with van der Waals surface area (Å²) in [4.78, 5) is 25.8. The van der Waals surface area contributed by atoms with E-state index in [1.165, 1.54) is 5.56 Å². The molecule has 0 saturated carbocycles. The molecule has 6 heteroatoms. The highest BCUT2D eigenvalue weighted by Crippen LogP contribution is 2.32. The molecule has 1 aliphatic heterocycles. The highest BCUT2D eigenvalue weighted by molar-refractivity contribution is 6.09. The van der Waals surface area contributed by atoms with Crippen LogP contribution in [0.3, 0.4) is 0 Å². The Balaban J connectivity index is 1.53. The van der Waals surface area contributed by atoms with Gasteiger partial charge in [0.2, 0.25) is 0 Å². The fourth-order valence-corrected chi connectivity index (χ4v) is 4.22. The molecule has 1 aliphatic rings. The lowest BCUT2D eigenvalue weighted by molar-refractivity contribution is 0.102. The lowest BCUT2D eigenvalue weighted by Gasteiger charge is -2.35. The minimum atomic E-state index is -0.269. The van der Waals surface area contributed by atoms with Gasteiger partial charge in [-0.05, 0) is 81.3 Å². The number of nitrogens with one attached hydrogen (secondary N) is 2. The average molecular weight is 471 g/mol. The van der Waals surface area contributed by atoms with Crippen molar-refractivity contribution in [2.75, 3.05) is 19.0 Å². The summed E-state index contributed by atoms with van der Waals surface area (Å²) in [6.45, 7) is 6.57. The summed E-state index contributed by atoms with van der Waals surface area (Å²) >= 11 is 0. The fraction of sp³-hybridized carbons (Fsp3) is 0.241. The van der Waals surface area contributed by atoms with E-state index in [4.69, 9.17) is 9.47 Å². The lowest BCUT2D eigenvalue weighted by atomic mass is 9.85. The molecular weight excluding hydrogens is 440 g/mol. The molecule has 2 N–H and O–H groups in total. The first-order valence-electron chi connectivity index (χ1n) is 11.6. The Kier molecular flexibility index (Phi) is 6.92. The number of fused-ring (bicyclic) bond motifs is 1. The van der Waals surface area contributed by atoms with Gasteiger partial charge < -0.3 is 20.1 Å². The van der Waals surface area contributed by atoms with Crippen LogP contribution in [0.2, 0.25) is 0 Å². The van der Waals surface area contributed by atoms with Gasteiger partial charge in [0.1, 0.15) is 11.5 Å². The van der Waals surface area contributed by atoms with Crippen molar-refractivity contribution in [1.29, 1.82) is 0 Å². The number of ketones is 1. The fourth-order valence-electron chi connectivity index (χ4n) is 4.22. The normalized spacial score (nSPS) is 15.0. The molecule has 0 saturated heterocycles. The van der Waals surface area contributed by atoms with Gasteiger partial charge in [-0.1, -0.05) is 18.2 Å². The maximum Gasteiger partial charge on any atom is 0.259 e. The average Bonchev–Trinajstić information content (AvgIpc) is 2.84. The van der Waals surface area contributed by atoms with Gasteiger partial charge in [-0.3, -0.25) is 9.59 Å². The minimum Gasteiger partial charge on any atom is -0.497 e. The molecule has 0 aliphatic carbocycles.